The van der Waals surface area contributed by atoms with Gasteiger partial charge in [-0.3, -0.25) is 9.78 Å². The van der Waals surface area contributed by atoms with E-state index < -0.39 is 6.67 Å². The molecule has 2 nitrogen and oxygen atoms in total. The molecule has 1 aromatic heterocycles. The fraction of sp³-hybridized carbons (Fsp3) is 0.143. The second kappa shape index (κ2) is 3.06. The highest BCUT2D eigenvalue weighted by atomic mass is 19.1. The Hall–Kier alpha value is -1.25. The van der Waals surface area contributed by atoms with E-state index in [9.17, 15) is 9.18 Å². The van der Waals surface area contributed by atoms with Crippen molar-refractivity contribution in [3.05, 3.63) is 29.6 Å². The van der Waals surface area contributed by atoms with E-state index in [4.69, 9.17) is 0 Å². The van der Waals surface area contributed by atoms with Crippen LogP contribution >= 0.6 is 0 Å². The number of carbonyl (C=O) groups excluding carboxylic acids is 1. The molecule has 0 aliphatic heterocycles. The summed E-state index contributed by atoms with van der Waals surface area (Å²) in [5.41, 5.74) is 0.530. The van der Waals surface area contributed by atoms with Crippen molar-refractivity contribution >= 4 is 6.29 Å². The lowest BCUT2D eigenvalue weighted by atomic mass is 10.2. The Kier molecular flexibility index (Phi) is 2.10. The van der Waals surface area contributed by atoms with Gasteiger partial charge in [-0.05, 0) is 12.1 Å². The number of rotatable bonds is 2. The highest BCUT2D eigenvalue weighted by Gasteiger charge is 1.98. The molecule has 0 bridgehead atoms. The van der Waals surface area contributed by atoms with Crippen molar-refractivity contribution in [3.63, 3.8) is 0 Å². The van der Waals surface area contributed by atoms with Gasteiger partial charge in [0.25, 0.3) is 0 Å². The Bertz CT molecular complexity index is 237. The van der Waals surface area contributed by atoms with E-state index in [2.05, 4.69) is 4.98 Å². The fourth-order valence-electron chi connectivity index (χ4n) is 0.669. The zero-order valence-electron chi connectivity index (χ0n) is 5.25. The molecule has 0 aliphatic rings. The summed E-state index contributed by atoms with van der Waals surface area (Å²) < 4.78 is 12.0. The van der Waals surface area contributed by atoms with Crippen LogP contribution in [0.1, 0.15) is 16.1 Å². The molecule has 1 heterocycles. The summed E-state index contributed by atoms with van der Waals surface area (Å²) in [6, 6.07) is 3.14. The molecule has 3 heteroatoms. The second-order valence-electron chi connectivity index (χ2n) is 1.79. The maximum Gasteiger partial charge on any atom is 0.151 e. The number of aldehydes is 1. The van der Waals surface area contributed by atoms with Crippen LogP contribution in [-0.4, -0.2) is 11.3 Å². The van der Waals surface area contributed by atoms with Gasteiger partial charge in [-0.2, -0.15) is 0 Å². The van der Waals surface area contributed by atoms with Crippen LogP contribution in [0.15, 0.2) is 18.3 Å². The van der Waals surface area contributed by atoms with Crippen LogP contribution in [0.4, 0.5) is 4.39 Å². The Morgan fingerprint density at radius 3 is 3.00 bits per heavy atom. The van der Waals surface area contributed by atoms with E-state index in [1.807, 2.05) is 0 Å². The normalized spacial score (nSPS) is 9.30. The molecule has 0 aliphatic carbocycles. The van der Waals surface area contributed by atoms with Gasteiger partial charge in [0.1, 0.15) is 6.67 Å². The van der Waals surface area contributed by atoms with Gasteiger partial charge >= 0.3 is 0 Å². The Labute approximate surface area is 57.7 Å². The van der Waals surface area contributed by atoms with E-state index in [-0.39, 0.29) is 5.69 Å². The van der Waals surface area contributed by atoms with Crippen molar-refractivity contribution in [1.82, 2.24) is 4.98 Å². The molecule has 0 N–H and O–H groups in total. The van der Waals surface area contributed by atoms with Crippen molar-refractivity contribution in [2.45, 2.75) is 6.67 Å². The molecular weight excluding hydrogens is 133 g/mol. The molecule has 0 atom stereocenters. The van der Waals surface area contributed by atoms with Gasteiger partial charge < -0.3 is 0 Å². The number of carbonyl (C=O) groups is 1. The summed E-state index contributed by atoms with van der Waals surface area (Å²) in [6.07, 6.45) is 2.06. The molecule has 0 saturated heterocycles. The number of hydrogen-bond donors (Lipinski definition) is 0. The van der Waals surface area contributed by atoms with E-state index >= 15 is 0 Å². The Balaban J connectivity index is 3.08. The Morgan fingerprint density at radius 1 is 1.70 bits per heavy atom. The lowest BCUT2D eigenvalue weighted by Gasteiger charge is -1.94. The van der Waals surface area contributed by atoms with Gasteiger partial charge in [0.15, 0.2) is 6.29 Å². The van der Waals surface area contributed by atoms with Crippen LogP contribution < -0.4 is 0 Å². The summed E-state index contributed by atoms with van der Waals surface area (Å²) in [6.45, 7) is -0.686. The van der Waals surface area contributed by atoms with E-state index in [0.29, 0.717) is 11.8 Å². The van der Waals surface area contributed by atoms with Gasteiger partial charge in [-0.1, -0.05) is 0 Å². The van der Waals surface area contributed by atoms with E-state index in [1.165, 1.54) is 12.3 Å². The molecule has 0 fully saturated rings. The van der Waals surface area contributed by atoms with Crippen molar-refractivity contribution in [2.75, 3.05) is 0 Å². The van der Waals surface area contributed by atoms with Gasteiger partial charge in [-0.15, -0.1) is 0 Å². The van der Waals surface area contributed by atoms with Crippen molar-refractivity contribution in [3.8, 4) is 0 Å². The average molecular weight is 139 g/mol. The molecule has 52 valence electrons. The van der Waals surface area contributed by atoms with Crippen LogP contribution in [0.2, 0.25) is 0 Å². The molecule has 1 rings (SSSR count). The van der Waals surface area contributed by atoms with Crippen LogP contribution in [0.3, 0.4) is 0 Å². The smallest absolute Gasteiger partial charge is 0.151 e. The molecule has 0 unspecified atom stereocenters. The monoisotopic (exact) mass is 139 g/mol. The summed E-state index contributed by atoms with van der Waals surface area (Å²) in [7, 11) is 0. The molecular formula is C7H6FNO. The minimum absolute atomic E-state index is 0.206. The predicted molar refractivity (Wildman–Crippen MR) is 34.4 cm³/mol. The van der Waals surface area contributed by atoms with Crippen molar-refractivity contribution < 1.29 is 9.18 Å². The number of alkyl halides is 1. The van der Waals surface area contributed by atoms with Gasteiger partial charge in [0.2, 0.25) is 0 Å². The average Bonchev–Trinajstić information content (AvgIpc) is 2.04. The summed E-state index contributed by atoms with van der Waals surface area (Å²) in [4.78, 5) is 13.8. The predicted octanol–water partition coefficient (Wildman–Crippen LogP) is 1.36. The van der Waals surface area contributed by atoms with E-state index in [1.54, 1.807) is 6.07 Å². The lowest BCUT2D eigenvalue weighted by molar-refractivity contribution is 0.112. The van der Waals surface area contributed by atoms with E-state index in [0.717, 1.165) is 0 Å². The van der Waals surface area contributed by atoms with Crippen LogP contribution in [0, 0.1) is 0 Å². The first kappa shape index (κ1) is 6.86. The van der Waals surface area contributed by atoms with Crippen LogP contribution in [-0.2, 0) is 6.67 Å². The third kappa shape index (κ3) is 1.18. The number of aromatic nitrogens is 1. The minimum Gasteiger partial charge on any atom is -0.298 e. The van der Waals surface area contributed by atoms with Crippen LogP contribution in [0.25, 0.3) is 0 Å². The molecule has 0 radical (unpaired) electrons. The maximum atomic E-state index is 12.0. The minimum atomic E-state index is -0.686. The zero-order chi connectivity index (χ0) is 7.40. The highest BCUT2D eigenvalue weighted by Crippen LogP contribution is 2.02. The third-order valence-electron chi connectivity index (χ3n) is 1.18. The van der Waals surface area contributed by atoms with Crippen molar-refractivity contribution in [2.24, 2.45) is 0 Å². The molecule has 0 aromatic carbocycles. The quantitative estimate of drug-likeness (QED) is 0.579. The maximum absolute atomic E-state index is 12.0. The fourth-order valence-corrected chi connectivity index (χ4v) is 0.669. The van der Waals surface area contributed by atoms with Gasteiger partial charge in [0.05, 0.1) is 5.69 Å². The third-order valence-corrected chi connectivity index (χ3v) is 1.18. The number of hydrogen-bond acceptors (Lipinski definition) is 2. The first-order valence-electron chi connectivity index (χ1n) is 2.83. The number of pyridine rings is 1. The van der Waals surface area contributed by atoms with Gasteiger partial charge in [-0.25, -0.2) is 4.39 Å². The largest absolute Gasteiger partial charge is 0.298 e. The van der Waals surface area contributed by atoms with Gasteiger partial charge in [0, 0.05) is 11.8 Å². The molecule has 1 aromatic rings. The highest BCUT2D eigenvalue weighted by molar-refractivity contribution is 5.76. The second-order valence-corrected chi connectivity index (χ2v) is 1.79. The Morgan fingerprint density at radius 2 is 2.50 bits per heavy atom. The molecule has 0 spiro atoms. The SMILES string of the molecule is O=Cc1cccnc1CF. The summed E-state index contributed by atoms with van der Waals surface area (Å²) >= 11 is 0. The first-order chi connectivity index (χ1) is 4.88. The summed E-state index contributed by atoms with van der Waals surface area (Å²) in [5.74, 6) is 0. The van der Waals surface area contributed by atoms with Crippen LogP contribution in [0.5, 0.6) is 0 Å². The standard InChI is InChI=1S/C7H6FNO/c8-4-7-6(5-10)2-1-3-9-7/h1-3,5H,4H2. The lowest BCUT2D eigenvalue weighted by Crippen LogP contribution is -1.92. The summed E-state index contributed by atoms with van der Waals surface area (Å²) in [5, 5.41) is 0. The number of nitrogens with zero attached hydrogens (tertiary/aromatic N) is 1. The molecule has 0 saturated carbocycles. The van der Waals surface area contributed by atoms with Crippen molar-refractivity contribution in [1.29, 1.82) is 0 Å². The number of halogens is 1. The molecule has 10 heavy (non-hydrogen) atoms. The first-order valence-corrected chi connectivity index (χ1v) is 2.83. The molecule has 0 amide bonds. The zero-order valence-corrected chi connectivity index (χ0v) is 5.25. The topological polar surface area (TPSA) is 30.0 Å².